The van der Waals surface area contributed by atoms with Crippen molar-refractivity contribution in [3.8, 4) is 0 Å². The minimum atomic E-state index is 0.125. The molecular formula is C15H23ClN2. The number of halogens is 1. The number of benzene rings is 1. The van der Waals surface area contributed by atoms with E-state index < -0.39 is 0 Å². The maximum absolute atomic E-state index is 6.23. The van der Waals surface area contributed by atoms with E-state index in [0.717, 1.165) is 23.9 Å². The largest absolute Gasteiger partial charge is 0.324 e. The topological polar surface area (TPSA) is 29.3 Å². The van der Waals surface area contributed by atoms with Gasteiger partial charge in [-0.1, -0.05) is 30.7 Å². The second-order valence-electron chi connectivity index (χ2n) is 5.49. The molecule has 1 aliphatic rings. The highest BCUT2D eigenvalue weighted by atomic mass is 35.5. The molecule has 0 spiro atoms. The molecule has 1 aromatic rings. The molecule has 2 atom stereocenters. The van der Waals surface area contributed by atoms with Crippen LogP contribution in [0.2, 0.25) is 5.02 Å². The molecule has 0 aliphatic carbocycles. The van der Waals surface area contributed by atoms with Crippen LogP contribution >= 0.6 is 11.6 Å². The molecular weight excluding hydrogens is 244 g/mol. The summed E-state index contributed by atoms with van der Waals surface area (Å²) in [5.74, 6) is 0.838. The van der Waals surface area contributed by atoms with Crippen LogP contribution in [0.15, 0.2) is 24.3 Å². The summed E-state index contributed by atoms with van der Waals surface area (Å²) in [6.07, 6.45) is 3.73. The lowest BCUT2D eigenvalue weighted by Gasteiger charge is -2.31. The van der Waals surface area contributed by atoms with Crippen LogP contribution in [0.3, 0.4) is 0 Å². The molecule has 3 heteroatoms. The van der Waals surface area contributed by atoms with Crippen LogP contribution in [-0.2, 0) is 0 Å². The summed E-state index contributed by atoms with van der Waals surface area (Å²) >= 11 is 5.88. The Morgan fingerprint density at radius 3 is 2.78 bits per heavy atom. The van der Waals surface area contributed by atoms with E-state index in [9.17, 15) is 0 Å². The quantitative estimate of drug-likeness (QED) is 0.904. The smallest absolute Gasteiger partial charge is 0.0406 e. The Kier molecular flexibility index (Phi) is 5.04. The zero-order valence-electron chi connectivity index (χ0n) is 11.1. The molecule has 1 heterocycles. The summed E-state index contributed by atoms with van der Waals surface area (Å²) < 4.78 is 0. The SMILES string of the molecule is CC1CCCN(CCC(N)c2ccc(Cl)cc2)C1. The molecule has 2 nitrogen and oxygen atoms in total. The van der Waals surface area contributed by atoms with Crippen molar-refractivity contribution in [2.75, 3.05) is 19.6 Å². The van der Waals surface area contributed by atoms with E-state index in [2.05, 4.69) is 11.8 Å². The Hall–Kier alpha value is -0.570. The van der Waals surface area contributed by atoms with Crippen molar-refractivity contribution < 1.29 is 0 Å². The van der Waals surface area contributed by atoms with E-state index in [-0.39, 0.29) is 6.04 Å². The molecule has 2 N–H and O–H groups in total. The average molecular weight is 267 g/mol. The van der Waals surface area contributed by atoms with Crippen LogP contribution in [0, 0.1) is 5.92 Å². The first-order chi connectivity index (χ1) is 8.65. The van der Waals surface area contributed by atoms with Gasteiger partial charge in [-0.3, -0.25) is 0 Å². The van der Waals surface area contributed by atoms with Gasteiger partial charge in [-0.2, -0.15) is 0 Å². The monoisotopic (exact) mass is 266 g/mol. The summed E-state index contributed by atoms with van der Waals surface area (Å²) in [7, 11) is 0. The minimum absolute atomic E-state index is 0.125. The fourth-order valence-corrected chi connectivity index (χ4v) is 2.81. The van der Waals surface area contributed by atoms with E-state index in [4.69, 9.17) is 17.3 Å². The highest BCUT2D eigenvalue weighted by Crippen LogP contribution is 2.20. The van der Waals surface area contributed by atoms with E-state index in [1.807, 2.05) is 24.3 Å². The van der Waals surface area contributed by atoms with Gasteiger partial charge in [0.25, 0.3) is 0 Å². The van der Waals surface area contributed by atoms with Gasteiger partial charge in [0.15, 0.2) is 0 Å². The summed E-state index contributed by atoms with van der Waals surface area (Å²) in [6.45, 7) is 5.91. The lowest BCUT2D eigenvalue weighted by atomic mass is 9.99. The number of rotatable bonds is 4. The third-order valence-electron chi connectivity index (χ3n) is 3.80. The fourth-order valence-electron chi connectivity index (χ4n) is 2.69. The Bertz CT molecular complexity index is 363. The summed E-state index contributed by atoms with van der Waals surface area (Å²) in [5.41, 5.74) is 7.41. The molecule has 0 bridgehead atoms. The lowest BCUT2D eigenvalue weighted by Crippen LogP contribution is -2.36. The molecule has 1 fully saturated rings. The van der Waals surface area contributed by atoms with Crippen molar-refractivity contribution in [1.82, 2.24) is 4.90 Å². The van der Waals surface area contributed by atoms with Crippen LogP contribution in [0.25, 0.3) is 0 Å². The van der Waals surface area contributed by atoms with E-state index in [1.165, 1.54) is 31.5 Å². The van der Waals surface area contributed by atoms with E-state index >= 15 is 0 Å². The maximum atomic E-state index is 6.23. The second-order valence-corrected chi connectivity index (χ2v) is 5.93. The predicted octanol–water partition coefficient (Wildman–Crippen LogP) is 3.46. The van der Waals surface area contributed by atoms with Crippen molar-refractivity contribution in [1.29, 1.82) is 0 Å². The van der Waals surface area contributed by atoms with Gasteiger partial charge in [-0.05, 0) is 56.0 Å². The van der Waals surface area contributed by atoms with Crippen molar-refractivity contribution in [2.45, 2.75) is 32.2 Å². The van der Waals surface area contributed by atoms with Gasteiger partial charge in [0.1, 0.15) is 0 Å². The normalized spacial score (nSPS) is 22.9. The fraction of sp³-hybridized carbons (Fsp3) is 0.600. The average Bonchev–Trinajstić information content (AvgIpc) is 2.37. The van der Waals surface area contributed by atoms with E-state index in [1.54, 1.807) is 0 Å². The van der Waals surface area contributed by atoms with E-state index in [0.29, 0.717) is 0 Å². The first-order valence-electron chi connectivity index (χ1n) is 6.88. The second kappa shape index (κ2) is 6.55. The predicted molar refractivity (Wildman–Crippen MR) is 77.8 cm³/mol. The number of piperidine rings is 1. The highest BCUT2D eigenvalue weighted by Gasteiger charge is 2.17. The molecule has 1 saturated heterocycles. The van der Waals surface area contributed by atoms with Crippen LogP contribution in [0.4, 0.5) is 0 Å². The van der Waals surface area contributed by atoms with Crippen molar-refractivity contribution in [3.63, 3.8) is 0 Å². The molecule has 2 rings (SSSR count). The lowest BCUT2D eigenvalue weighted by molar-refractivity contribution is 0.178. The van der Waals surface area contributed by atoms with Crippen LogP contribution in [0.1, 0.15) is 37.8 Å². The molecule has 0 radical (unpaired) electrons. The zero-order chi connectivity index (χ0) is 13.0. The molecule has 0 aromatic heterocycles. The summed E-state index contributed by atoms with van der Waals surface area (Å²) in [4.78, 5) is 2.55. The Labute approximate surface area is 115 Å². The third kappa shape index (κ3) is 3.98. The maximum Gasteiger partial charge on any atom is 0.0406 e. The van der Waals surface area contributed by atoms with Gasteiger partial charge >= 0.3 is 0 Å². The molecule has 2 unspecified atom stereocenters. The van der Waals surface area contributed by atoms with Crippen molar-refractivity contribution in [2.24, 2.45) is 11.7 Å². The minimum Gasteiger partial charge on any atom is -0.324 e. The van der Waals surface area contributed by atoms with Gasteiger partial charge in [0.2, 0.25) is 0 Å². The first kappa shape index (κ1) is 13.9. The summed E-state index contributed by atoms with van der Waals surface area (Å²) in [5, 5.41) is 0.774. The van der Waals surface area contributed by atoms with Gasteiger partial charge in [-0.25, -0.2) is 0 Å². The molecule has 1 aromatic carbocycles. The molecule has 0 saturated carbocycles. The number of likely N-dealkylation sites (tertiary alicyclic amines) is 1. The third-order valence-corrected chi connectivity index (χ3v) is 4.05. The number of nitrogens with zero attached hydrogens (tertiary/aromatic N) is 1. The zero-order valence-corrected chi connectivity index (χ0v) is 11.9. The number of nitrogens with two attached hydrogens (primary N) is 1. The molecule has 0 amide bonds. The van der Waals surface area contributed by atoms with Crippen molar-refractivity contribution in [3.05, 3.63) is 34.9 Å². The number of hydrogen-bond acceptors (Lipinski definition) is 2. The first-order valence-corrected chi connectivity index (χ1v) is 7.26. The molecule has 100 valence electrons. The van der Waals surface area contributed by atoms with Gasteiger partial charge in [0, 0.05) is 17.6 Å². The molecule has 1 aliphatic heterocycles. The molecule has 18 heavy (non-hydrogen) atoms. The van der Waals surface area contributed by atoms with Gasteiger partial charge in [0.05, 0.1) is 0 Å². The standard InChI is InChI=1S/C15H23ClN2/c1-12-3-2-9-18(11-12)10-8-15(17)13-4-6-14(16)7-5-13/h4-7,12,15H,2-3,8-11,17H2,1H3. The summed E-state index contributed by atoms with van der Waals surface area (Å²) in [6, 6.07) is 8.02. The Balaban J connectivity index is 1.80. The Morgan fingerprint density at radius 1 is 1.39 bits per heavy atom. The van der Waals surface area contributed by atoms with Crippen molar-refractivity contribution >= 4 is 11.6 Å². The highest BCUT2D eigenvalue weighted by molar-refractivity contribution is 6.30. The van der Waals surface area contributed by atoms with Crippen LogP contribution in [-0.4, -0.2) is 24.5 Å². The van der Waals surface area contributed by atoms with Gasteiger partial charge in [-0.15, -0.1) is 0 Å². The number of hydrogen-bond donors (Lipinski definition) is 1. The van der Waals surface area contributed by atoms with Crippen LogP contribution in [0.5, 0.6) is 0 Å². The Morgan fingerprint density at radius 2 is 2.11 bits per heavy atom. The van der Waals surface area contributed by atoms with Gasteiger partial charge < -0.3 is 10.6 Å². The van der Waals surface area contributed by atoms with Crippen LogP contribution < -0.4 is 5.73 Å².